The molecule has 6 aliphatic rings. The van der Waals surface area contributed by atoms with Gasteiger partial charge in [0.25, 0.3) is 0 Å². The number of alkyl carbamates (subject to hydrolysis) is 1. The lowest BCUT2D eigenvalue weighted by molar-refractivity contribution is 0.0416. The van der Waals surface area contributed by atoms with E-state index in [9.17, 15) is 9.59 Å². The number of halogens is 1. The highest BCUT2D eigenvalue weighted by molar-refractivity contribution is 6.02. The number of carbonyl (C=O) groups is 2. The zero-order valence-corrected chi connectivity index (χ0v) is 30.7. The number of morpholine rings is 1. The number of pyridine rings is 1. The third-order valence-electron chi connectivity index (χ3n) is 11.9. The van der Waals surface area contributed by atoms with Gasteiger partial charge in [0.05, 0.1) is 36.3 Å². The van der Waals surface area contributed by atoms with Crippen molar-refractivity contribution in [3.63, 3.8) is 0 Å². The van der Waals surface area contributed by atoms with E-state index >= 15 is 4.39 Å². The number of aromatic nitrogens is 3. The molecule has 6 bridgehead atoms. The van der Waals surface area contributed by atoms with Crippen LogP contribution in [0.3, 0.4) is 0 Å². The molecule has 14 heteroatoms. The standard InChI is InChI=1S/C40H46FN7O6/c1-39-10-4-13-47(24-39)35-30-23-42-33(32(41)34(30)43-36(44-35)53-25-40-11-5-14-48(40)15-6-12-40)29-22-28(54-38(50)46-16-19-51-20-17-46)21-27-8-2-7-26(31(27)29)9-3-18-52-37(49)45-39/h2,7-8,21-23H,3-6,9-20,24-25H2,1H3,(H,45,49). The minimum Gasteiger partial charge on any atom is -0.461 e. The molecular formula is C40H46FN7O6. The molecule has 0 saturated carbocycles. The second-order valence-electron chi connectivity index (χ2n) is 15.6. The molecule has 0 aliphatic carbocycles. The summed E-state index contributed by atoms with van der Waals surface area (Å²) >= 11 is 0. The highest BCUT2D eigenvalue weighted by atomic mass is 19.1. The van der Waals surface area contributed by atoms with Gasteiger partial charge < -0.3 is 34.1 Å². The summed E-state index contributed by atoms with van der Waals surface area (Å²) in [5.74, 6) is 0.163. The first-order valence-corrected chi connectivity index (χ1v) is 19.3. The van der Waals surface area contributed by atoms with Crippen molar-refractivity contribution in [2.24, 2.45) is 0 Å². The monoisotopic (exact) mass is 739 g/mol. The van der Waals surface area contributed by atoms with Crippen LogP contribution in [0.5, 0.6) is 11.8 Å². The molecule has 1 atom stereocenters. The molecular weight excluding hydrogens is 693 g/mol. The maximum atomic E-state index is 17.5. The van der Waals surface area contributed by atoms with Gasteiger partial charge in [0.2, 0.25) is 0 Å². The summed E-state index contributed by atoms with van der Waals surface area (Å²) in [6.45, 7) is 7.52. The number of hydrogen-bond donors (Lipinski definition) is 1. The van der Waals surface area contributed by atoms with Crippen molar-refractivity contribution in [3.05, 3.63) is 47.9 Å². The summed E-state index contributed by atoms with van der Waals surface area (Å²) < 4.78 is 41.0. The van der Waals surface area contributed by atoms with E-state index in [1.807, 2.05) is 25.1 Å². The molecule has 0 radical (unpaired) electrons. The van der Waals surface area contributed by atoms with Crippen molar-refractivity contribution in [3.8, 4) is 23.0 Å². The molecule has 54 heavy (non-hydrogen) atoms. The van der Waals surface area contributed by atoms with Crippen molar-refractivity contribution in [1.29, 1.82) is 0 Å². The second-order valence-corrected chi connectivity index (χ2v) is 15.6. The fraction of sp³-hybridized carbons (Fsp3) is 0.525. The summed E-state index contributed by atoms with van der Waals surface area (Å²) in [4.78, 5) is 47.0. The summed E-state index contributed by atoms with van der Waals surface area (Å²) in [7, 11) is 0. The lowest BCUT2D eigenvalue weighted by Gasteiger charge is -2.41. The smallest absolute Gasteiger partial charge is 0.415 e. The van der Waals surface area contributed by atoms with Gasteiger partial charge in [0.15, 0.2) is 5.82 Å². The molecule has 13 nitrogen and oxygen atoms in total. The first-order chi connectivity index (χ1) is 26.3. The van der Waals surface area contributed by atoms with Crippen molar-refractivity contribution in [2.45, 2.75) is 69.4 Å². The van der Waals surface area contributed by atoms with Gasteiger partial charge in [-0.2, -0.15) is 9.97 Å². The molecule has 284 valence electrons. The van der Waals surface area contributed by atoms with Crippen LogP contribution < -0.4 is 19.7 Å². The van der Waals surface area contributed by atoms with Crippen molar-refractivity contribution in [2.75, 3.05) is 70.6 Å². The first-order valence-electron chi connectivity index (χ1n) is 19.3. The van der Waals surface area contributed by atoms with Crippen LogP contribution in [0.1, 0.15) is 57.4 Å². The van der Waals surface area contributed by atoms with E-state index in [1.165, 1.54) is 0 Å². The normalized spacial score (nSPS) is 23.0. The third-order valence-corrected chi connectivity index (χ3v) is 11.9. The average molecular weight is 740 g/mol. The van der Waals surface area contributed by atoms with E-state index in [2.05, 4.69) is 15.1 Å². The molecule has 2 amide bonds. The number of fused-ring (bicyclic) bond motifs is 7. The van der Waals surface area contributed by atoms with E-state index in [-0.39, 0.29) is 35.1 Å². The van der Waals surface area contributed by atoms with Gasteiger partial charge in [-0.15, -0.1) is 0 Å². The molecule has 2 aromatic heterocycles. The Morgan fingerprint density at radius 1 is 1.00 bits per heavy atom. The molecule has 1 N–H and O–H groups in total. The quantitative estimate of drug-likeness (QED) is 0.270. The molecule has 10 rings (SSSR count). The number of carbonyl (C=O) groups excluding carboxylic acids is 2. The largest absolute Gasteiger partial charge is 0.461 e. The number of ether oxygens (including phenoxy) is 4. The van der Waals surface area contributed by atoms with Gasteiger partial charge in [-0.05, 0) is 99.8 Å². The zero-order chi connectivity index (χ0) is 36.9. The van der Waals surface area contributed by atoms with Gasteiger partial charge in [-0.25, -0.2) is 14.0 Å². The minimum absolute atomic E-state index is 0.0604. The lowest BCUT2D eigenvalue weighted by atomic mass is 9.91. The Balaban J connectivity index is 1.20. The number of benzene rings is 2. The van der Waals surface area contributed by atoms with E-state index in [4.69, 9.17) is 33.9 Å². The number of nitrogens with one attached hydrogen (secondary N) is 1. The van der Waals surface area contributed by atoms with Crippen LogP contribution in [0.15, 0.2) is 36.5 Å². The Morgan fingerprint density at radius 2 is 1.81 bits per heavy atom. The topological polar surface area (TPSA) is 131 Å². The van der Waals surface area contributed by atoms with E-state index in [1.54, 1.807) is 23.2 Å². The number of rotatable bonds is 4. The van der Waals surface area contributed by atoms with Crippen LogP contribution >= 0.6 is 0 Å². The highest BCUT2D eigenvalue weighted by Gasteiger charge is 2.45. The van der Waals surface area contributed by atoms with Gasteiger partial charge >= 0.3 is 18.2 Å². The van der Waals surface area contributed by atoms with E-state index in [0.29, 0.717) is 75.6 Å². The SMILES string of the molecule is CC12CCCN(C1)c1nc(OCC34CCCN3CCC4)nc3c(F)c(ncc13)-c1cc(OC(=O)N3CCOCC3)cc3cccc(c13)CCCOC(=O)N2. The zero-order valence-electron chi connectivity index (χ0n) is 30.7. The minimum atomic E-state index is -0.615. The number of amides is 2. The number of aryl methyl sites for hydroxylation is 1. The van der Waals surface area contributed by atoms with Crippen molar-refractivity contribution in [1.82, 2.24) is 30.1 Å². The Kier molecular flexibility index (Phi) is 9.12. The van der Waals surface area contributed by atoms with Crippen LogP contribution in [-0.2, 0) is 15.9 Å². The summed E-state index contributed by atoms with van der Waals surface area (Å²) in [5.41, 5.74) is 0.887. The Hall–Kier alpha value is -4.82. The Morgan fingerprint density at radius 3 is 2.65 bits per heavy atom. The van der Waals surface area contributed by atoms with Gasteiger partial charge in [-0.3, -0.25) is 9.88 Å². The molecule has 8 heterocycles. The van der Waals surface area contributed by atoms with Crippen molar-refractivity contribution >= 4 is 39.7 Å². The van der Waals surface area contributed by atoms with Crippen LogP contribution in [0.4, 0.5) is 19.8 Å². The number of nitrogens with zero attached hydrogens (tertiary/aromatic N) is 6. The molecule has 0 spiro atoms. The van der Waals surface area contributed by atoms with E-state index < -0.39 is 23.5 Å². The second kappa shape index (κ2) is 14.1. The molecule has 2 aromatic carbocycles. The van der Waals surface area contributed by atoms with Crippen LogP contribution in [0, 0.1) is 5.82 Å². The van der Waals surface area contributed by atoms with Gasteiger partial charge in [0, 0.05) is 37.9 Å². The molecule has 4 saturated heterocycles. The van der Waals surface area contributed by atoms with Crippen LogP contribution in [-0.4, -0.2) is 114 Å². The van der Waals surface area contributed by atoms with Gasteiger partial charge in [0.1, 0.15) is 29.4 Å². The molecule has 4 aromatic rings. The van der Waals surface area contributed by atoms with Gasteiger partial charge in [-0.1, -0.05) is 18.2 Å². The lowest BCUT2D eigenvalue weighted by Crippen LogP contribution is -2.57. The number of anilines is 1. The highest BCUT2D eigenvalue weighted by Crippen LogP contribution is 2.41. The maximum absolute atomic E-state index is 17.5. The molecule has 4 fully saturated rings. The Bertz CT molecular complexity index is 2100. The first kappa shape index (κ1) is 34.9. The molecule has 1 unspecified atom stereocenters. The third kappa shape index (κ3) is 6.52. The summed E-state index contributed by atoms with van der Waals surface area (Å²) in [5, 5.41) is 5.08. The predicted octanol–water partition coefficient (Wildman–Crippen LogP) is 5.85. The number of hydrogen-bond acceptors (Lipinski definition) is 11. The fourth-order valence-electron chi connectivity index (χ4n) is 9.25. The van der Waals surface area contributed by atoms with Crippen LogP contribution in [0.2, 0.25) is 0 Å². The fourth-order valence-corrected chi connectivity index (χ4v) is 9.25. The number of piperidine rings is 1. The van der Waals surface area contributed by atoms with Crippen molar-refractivity contribution < 1.29 is 32.9 Å². The summed E-state index contributed by atoms with van der Waals surface area (Å²) in [6.07, 6.45) is 7.61. The van der Waals surface area contributed by atoms with Crippen LogP contribution in [0.25, 0.3) is 32.9 Å². The van der Waals surface area contributed by atoms with E-state index in [0.717, 1.165) is 68.0 Å². The average Bonchev–Trinajstić information content (AvgIpc) is 3.76. The Labute approximate surface area is 313 Å². The summed E-state index contributed by atoms with van der Waals surface area (Å²) in [6, 6.07) is 9.40. The predicted molar refractivity (Wildman–Crippen MR) is 200 cm³/mol. The maximum Gasteiger partial charge on any atom is 0.415 e. The molecule has 6 aliphatic heterocycles.